The summed E-state index contributed by atoms with van der Waals surface area (Å²) in [5.41, 5.74) is 1.27. The fourth-order valence-corrected chi connectivity index (χ4v) is 2.81. The Balaban J connectivity index is 2.20. The monoisotopic (exact) mass is 197 g/mol. The van der Waals surface area contributed by atoms with Gasteiger partial charge in [-0.15, -0.1) is 11.3 Å². The number of aromatic nitrogens is 1. The first-order chi connectivity index (χ1) is 6.31. The molecule has 0 aromatic carbocycles. The lowest BCUT2D eigenvalue weighted by Gasteiger charge is -2.00. The normalized spacial score (nSPS) is 22.5. The van der Waals surface area contributed by atoms with E-state index in [1.54, 1.807) is 0 Å². The zero-order chi connectivity index (χ0) is 9.26. The van der Waals surface area contributed by atoms with Crippen molar-refractivity contribution in [2.75, 3.05) is 13.2 Å². The SMILES string of the molecule is CCc1nc(C2CCOC2)sc1C. The van der Waals surface area contributed by atoms with Gasteiger partial charge in [0.15, 0.2) is 0 Å². The highest BCUT2D eigenvalue weighted by Gasteiger charge is 2.21. The van der Waals surface area contributed by atoms with Crippen molar-refractivity contribution < 1.29 is 4.74 Å². The largest absolute Gasteiger partial charge is 0.381 e. The van der Waals surface area contributed by atoms with Gasteiger partial charge in [-0.2, -0.15) is 0 Å². The molecule has 1 unspecified atom stereocenters. The van der Waals surface area contributed by atoms with Crippen LogP contribution in [0.1, 0.15) is 34.8 Å². The minimum Gasteiger partial charge on any atom is -0.381 e. The van der Waals surface area contributed by atoms with E-state index in [9.17, 15) is 0 Å². The Hall–Kier alpha value is -0.410. The van der Waals surface area contributed by atoms with Crippen LogP contribution in [0.4, 0.5) is 0 Å². The van der Waals surface area contributed by atoms with Gasteiger partial charge in [-0.25, -0.2) is 4.98 Å². The maximum Gasteiger partial charge on any atom is 0.0985 e. The van der Waals surface area contributed by atoms with Gasteiger partial charge < -0.3 is 4.74 Å². The predicted molar refractivity (Wildman–Crippen MR) is 54.4 cm³/mol. The molecule has 1 fully saturated rings. The molecule has 0 bridgehead atoms. The van der Waals surface area contributed by atoms with Crippen LogP contribution in [0.3, 0.4) is 0 Å². The standard InChI is InChI=1S/C10H15NOS/c1-3-9-7(2)13-10(11-9)8-4-5-12-6-8/h8H,3-6H2,1-2H3. The van der Waals surface area contributed by atoms with Crippen molar-refractivity contribution in [2.45, 2.75) is 32.6 Å². The molecule has 1 atom stereocenters. The Morgan fingerprint density at radius 2 is 2.46 bits per heavy atom. The Bertz CT molecular complexity index is 289. The number of nitrogens with zero attached hydrogens (tertiary/aromatic N) is 1. The summed E-state index contributed by atoms with van der Waals surface area (Å²) in [6.07, 6.45) is 2.20. The first-order valence-corrected chi connectivity index (χ1v) is 5.67. The smallest absolute Gasteiger partial charge is 0.0985 e. The van der Waals surface area contributed by atoms with Crippen molar-refractivity contribution in [3.63, 3.8) is 0 Å². The van der Waals surface area contributed by atoms with Crippen molar-refractivity contribution in [1.82, 2.24) is 4.98 Å². The molecule has 0 spiro atoms. The van der Waals surface area contributed by atoms with Gasteiger partial charge in [0.1, 0.15) is 0 Å². The Kier molecular flexibility index (Phi) is 2.65. The lowest BCUT2D eigenvalue weighted by molar-refractivity contribution is 0.194. The Labute approximate surface area is 83.0 Å². The topological polar surface area (TPSA) is 22.1 Å². The van der Waals surface area contributed by atoms with Crippen LogP contribution in [0.25, 0.3) is 0 Å². The molecule has 2 heterocycles. The summed E-state index contributed by atoms with van der Waals surface area (Å²) in [6, 6.07) is 0. The molecular weight excluding hydrogens is 182 g/mol. The molecule has 72 valence electrons. The number of rotatable bonds is 2. The van der Waals surface area contributed by atoms with Crippen LogP contribution in [0.15, 0.2) is 0 Å². The van der Waals surface area contributed by atoms with Gasteiger partial charge in [-0.1, -0.05) is 6.92 Å². The van der Waals surface area contributed by atoms with Crippen LogP contribution < -0.4 is 0 Å². The van der Waals surface area contributed by atoms with E-state index in [-0.39, 0.29) is 0 Å². The zero-order valence-corrected chi connectivity index (χ0v) is 8.99. The molecule has 0 N–H and O–H groups in total. The third-order valence-corrected chi connectivity index (χ3v) is 3.70. The third kappa shape index (κ3) is 1.76. The van der Waals surface area contributed by atoms with Crippen LogP contribution in [0, 0.1) is 6.92 Å². The van der Waals surface area contributed by atoms with E-state index in [1.807, 2.05) is 11.3 Å². The molecular formula is C10H15NOS. The van der Waals surface area contributed by atoms with Gasteiger partial charge in [0.2, 0.25) is 0 Å². The average molecular weight is 197 g/mol. The molecule has 0 radical (unpaired) electrons. The maximum absolute atomic E-state index is 5.36. The molecule has 0 aliphatic carbocycles. The molecule has 3 heteroatoms. The number of hydrogen-bond acceptors (Lipinski definition) is 3. The summed E-state index contributed by atoms with van der Waals surface area (Å²) in [4.78, 5) is 6.03. The minimum atomic E-state index is 0.573. The summed E-state index contributed by atoms with van der Waals surface area (Å²) < 4.78 is 5.36. The van der Waals surface area contributed by atoms with Crippen molar-refractivity contribution in [1.29, 1.82) is 0 Å². The zero-order valence-electron chi connectivity index (χ0n) is 8.17. The highest BCUT2D eigenvalue weighted by molar-refractivity contribution is 7.11. The molecule has 2 nitrogen and oxygen atoms in total. The van der Waals surface area contributed by atoms with E-state index in [2.05, 4.69) is 18.8 Å². The molecule has 2 rings (SSSR count). The molecule has 1 aromatic rings. The van der Waals surface area contributed by atoms with Gasteiger partial charge in [0, 0.05) is 17.4 Å². The number of thiazole rings is 1. The van der Waals surface area contributed by atoms with Gasteiger partial charge in [-0.05, 0) is 19.8 Å². The number of aryl methyl sites for hydroxylation is 2. The summed E-state index contributed by atoms with van der Waals surface area (Å²) in [5, 5.41) is 1.28. The summed E-state index contributed by atoms with van der Waals surface area (Å²) >= 11 is 1.85. The second-order valence-electron chi connectivity index (χ2n) is 3.47. The first-order valence-electron chi connectivity index (χ1n) is 4.85. The summed E-state index contributed by atoms with van der Waals surface area (Å²) in [5.74, 6) is 0.573. The van der Waals surface area contributed by atoms with Crippen molar-refractivity contribution in [3.05, 3.63) is 15.6 Å². The summed E-state index contributed by atoms with van der Waals surface area (Å²) in [6.45, 7) is 6.10. The first kappa shape index (κ1) is 9.16. The van der Waals surface area contributed by atoms with E-state index in [0.717, 1.165) is 26.1 Å². The maximum atomic E-state index is 5.36. The van der Waals surface area contributed by atoms with Gasteiger partial charge in [0.05, 0.1) is 17.3 Å². The molecule has 1 aromatic heterocycles. The number of ether oxygens (including phenoxy) is 1. The Morgan fingerprint density at radius 1 is 1.62 bits per heavy atom. The van der Waals surface area contributed by atoms with Gasteiger partial charge in [0.25, 0.3) is 0 Å². The second-order valence-corrected chi connectivity index (χ2v) is 4.70. The molecule has 1 saturated heterocycles. The quantitative estimate of drug-likeness (QED) is 0.726. The lowest BCUT2D eigenvalue weighted by Crippen LogP contribution is -1.96. The van der Waals surface area contributed by atoms with Crippen molar-refractivity contribution >= 4 is 11.3 Å². The molecule has 0 amide bonds. The van der Waals surface area contributed by atoms with Crippen molar-refractivity contribution in [2.24, 2.45) is 0 Å². The second kappa shape index (κ2) is 3.76. The van der Waals surface area contributed by atoms with Crippen LogP contribution in [0.5, 0.6) is 0 Å². The highest BCUT2D eigenvalue weighted by atomic mass is 32.1. The third-order valence-electron chi connectivity index (χ3n) is 2.52. The molecule has 13 heavy (non-hydrogen) atoms. The van der Waals surface area contributed by atoms with Crippen molar-refractivity contribution in [3.8, 4) is 0 Å². The van der Waals surface area contributed by atoms with E-state index in [1.165, 1.54) is 15.6 Å². The van der Waals surface area contributed by atoms with E-state index >= 15 is 0 Å². The van der Waals surface area contributed by atoms with Gasteiger partial charge in [-0.3, -0.25) is 0 Å². The fraction of sp³-hybridized carbons (Fsp3) is 0.700. The van der Waals surface area contributed by atoms with Crippen LogP contribution >= 0.6 is 11.3 Å². The summed E-state index contributed by atoms with van der Waals surface area (Å²) in [7, 11) is 0. The van der Waals surface area contributed by atoms with Gasteiger partial charge >= 0.3 is 0 Å². The van der Waals surface area contributed by atoms with Crippen LogP contribution in [-0.4, -0.2) is 18.2 Å². The van der Waals surface area contributed by atoms with Crippen LogP contribution in [0.2, 0.25) is 0 Å². The van der Waals surface area contributed by atoms with E-state index in [0.29, 0.717) is 5.92 Å². The predicted octanol–water partition coefficient (Wildman–Crippen LogP) is 2.52. The number of hydrogen-bond donors (Lipinski definition) is 0. The minimum absolute atomic E-state index is 0.573. The van der Waals surface area contributed by atoms with E-state index < -0.39 is 0 Å². The molecule has 1 aliphatic heterocycles. The van der Waals surface area contributed by atoms with E-state index in [4.69, 9.17) is 4.74 Å². The Morgan fingerprint density at radius 3 is 3.00 bits per heavy atom. The van der Waals surface area contributed by atoms with Crippen LogP contribution in [-0.2, 0) is 11.2 Å². The fourth-order valence-electron chi connectivity index (χ4n) is 1.68. The lowest BCUT2D eigenvalue weighted by atomic mass is 10.1. The molecule has 1 aliphatic rings. The highest BCUT2D eigenvalue weighted by Crippen LogP contribution is 2.30. The molecule has 0 saturated carbocycles. The average Bonchev–Trinajstić information content (AvgIpc) is 2.71.